The van der Waals surface area contributed by atoms with Crippen molar-refractivity contribution in [2.45, 2.75) is 143 Å². The predicted molar refractivity (Wildman–Crippen MR) is 141 cm³/mol. The number of carboxylic acids is 1. The summed E-state index contributed by atoms with van der Waals surface area (Å²) < 4.78 is 0. The molecule has 0 saturated heterocycles. The van der Waals surface area contributed by atoms with Gasteiger partial charge in [-0.2, -0.15) is 0 Å². The van der Waals surface area contributed by atoms with E-state index in [2.05, 4.69) is 6.92 Å². The second-order valence-electron chi connectivity index (χ2n) is 9.95. The van der Waals surface area contributed by atoms with Gasteiger partial charge in [0, 0.05) is 0 Å². The number of aliphatic carboxylic acids is 1. The highest BCUT2D eigenvalue weighted by molar-refractivity contribution is 5.70. The van der Waals surface area contributed by atoms with Crippen molar-refractivity contribution in [1.82, 2.24) is 0 Å². The monoisotopic (exact) mass is 460 g/mol. The first-order valence-corrected chi connectivity index (χ1v) is 14.1. The second-order valence-corrected chi connectivity index (χ2v) is 9.95. The smallest absolute Gasteiger partial charge is 0.306 e. The third-order valence-corrected chi connectivity index (χ3v) is 7.08. The van der Waals surface area contributed by atoms with Crippen molar-refractivity contribution in [3.63, 3.8) is 0 Å². The minimum absolute atomic E-state index is 0.328. The third kappa shape index (κ3) is 13.1. The minimum atomic E-state index is -0.690. The summed E-state index contributed by atoms with van der Waals surface area (Å²) in [5.41, 5.74) is 2.91. The molecular formula is C30H52O3. The van der Waals surface area contributed by atoms with Crippen molar-refractivity contribution in [3.8, 4) is 5.75 Å². The number of aromatic hydroxyl groups is 1. The standard InChI is InChI=1S/C30H52O3/c1-4-7-8-9-10-11-12-13-14-15-16-17-18-19-20-21-28(30(32)33)24-25-22-26(5-2)29(31)27(6-3)23-25/h22-23,28,31H,4-21,24H2,1-3H3,(H,32,33). The molecule has 0 amide bonds. The molecule has 0 fully saturated rings. The van der Waals surface area contributed by atoms with E-state index in [1.807, 2.05) is 26.0 Å². The number of rotatable bonds is 21. The van der Waals surface area contributed by atoms with Crippen molar-refractivity contribution >= 4 is 5.97 Å². The highest BCUT2D eigenvalue weighted by Crippen LogP contribution is 2.28. The van der Waals surface area contributed by atoms with E-state index < -0.39 is 5.97 Å². The SMILES string of the molecule is CCCCCCCCCCCCCCCCCC(Cc1cc(CC)c(O)c(CC)c1)C(=O)O. The zero-order valence-electron chi connectivity index (χ0n) is 22.0. The molecule has 0 bridgehead atoms. The third-order valence-electron chi connectivity index (χ3n) is 7.08. The molecule has 1 aromatic rings. The van der Waals surface area contributed by atoms with Crippen LogP contribution in [-0.2, 0) is 24.1 Å². The van der Waals surface area contributed by atoms with Gasteiger partial charge in [0.2, 0.25) is 0 Å². The number of hydrogen-bond acceptors (Lipinski definition) is 2. The molecule has 190 valence electrons. The van der Waals surface area contributed by atoms with E-state index in [4.69, 9.17) is 0 Å². The van der Waals surface area contributed by atoms with Crippen molar-refractivity contribution < 1.29 is 15.0 Å². The summed E-state index contributed by atoms with van der Waals surface area (Å²) in [6.07, 6.45) is 22.7. The van der Waals surface area contributed by atoms with Crippen LogP contribution in [0.1, 0.15) is 140 Å². The highest BCUT2D eigenvalue weighted by Gasteiger charge is 2.19. The fourth-order valence-electron chi connectivity index (χ4n) is 4.85. The molecule has 0 heterocycles. The van der Waals surface area contributed by atoms with Gasteiger partial charge in [-0.15, -0.1) is 0 Å². The van der Waals surface area contributed by atoms with Gasteiger partial charge in [-0.1, -0.05) is 129 Å². The molecule has 0 radical (unpaired) electrons. The molecule has 1 atom stereocenters. The first kappa shape index (κ1) is 29.5. The van der Waals surface area contributed by atoms with Crippen LogP contribution in [0.4, 0.5) is 0 Å². The van der Waals surface area contributed by atoms with Crippen LogP contribution in [0.3, 0.4) is 0 Å². The van der Waals surface area contributed by atoms with Gasteiger partial charge in [0.05, 0.1) is 5.92 Å². The predicted octanol–water partition coefficient (Wildman–Crippen LogP) is 9.02. The lowest BCUT2D eigenvalue weighted by Gasteiger charge is -2.15. The molecule has 0 aromatic heterocycles. The molecule has 1 rings (SSSR count). The van der Waals surface area contributed by atoms with Crippen molar-refractivity contribution in [2.24, 2.45) is 5.92 Å². The number of carbonyl (C=O) groups is 1. The van der Waals surface area contributed by atoms with Gasteiger partial charge in [-0.25, -0.2) is 0 Å². The lowest BCUT2D eigenvalue weighted by atomic mass is 9.90. The van der Waals surface area contributed by atoms with Crippen LogP contribution in [0, 0.1) is 5.92 Å². The summed E-state index contributed by atoms with van der Waals surface area (Å²) in [6, 6.07) is 3.99. The van der Waals surface area contributed by atoms with E-state index in [1.165, 1.54) is 83.5 Å². The van der Waals surface area contributed by atoms with E-state index in [0.717, 1.165) is 48.8 Å². The Labute approximate surface area is 204 Å². The zero-order valence-corrected chi connectivity index (χ0v) is 22.0. The molecule has 1 aromatic carbocycles. The molecule has 0 aliphatic heterocycles. The molecule has 3 heteroatoms. The number of hydrogen-bond donors (Lipinski definition) is 2. The second kappa shape index (κ2) is 18.9. The van der Waals surface area contributed by atoms with E-state index >= 15 is 0 Å². The van der Waals surface area contributed by atoms with E-state index in [-0.39, 0.29) is 5.92 Å². The van der Waals surface area contributed by atoms with Crippen LogP contribution in [0.2, 0.25) is 0 Å². The number of benzene rings is 1. The van der Waals surface area contributed by atoms with Gasteiger partial charge >= 0.3 is 5.97 Å². The number of unbranched alkanes of at least 4 members (excludes halogenated alkanes) is 14. The van der Waals surface area contributed by atoms with E-state index in [0.29, 0.717) is 12.2 Å². The maximum atomic E-state index is 11.8. The Morgan fingerprint density at radius 2 is 1.09 bits per heavy atom. The summed E-state index contributed by atoms with van der Waals surface area (Å²) >= 11 is 0. The topological polar surface area (TPSA) is 57.5 Å². The van der Waals surface area contributed by atoms with Crippen LogP contribution in [-0.4, -0.2) is 16.2 Å². The Balaban J connectivity index is 2.16. The zero-order chi connectivity index (χ0) is 24.3. The maximum absolute atomic E-state index is 11.8. The molecule has 0 saturated carbocycles. The summed E-state index contributed by atoms with van der Waals surface area (Å²) in [4.78, 5) is 11.8. The fourth-order valence-corrected chi connectivity index (χ4v) is 4.85. The fraction of sp³-hybridized carbons (Fsp3) is 0.767. The first-order chi connectivity index (χ1) is 16.0. The molecule has 0 aliphatic carbocycles. The quantitative estimate of drug-likeness (QED) is 0.180. The van der Waals surface area contributed by atoms with Crippen LogP contribution < -0.4 is 0 Å². The van der Waals surface area contributed by atoms with Crippen LogP contribution in [0.5, 0.6) is 5.75 Å². The number of carboxylic acid groups (broad SMARTS) is 1. The number of aryl methyl sites for hydroxylation is 2. The van der Waals surface area contributed by atoms with Gasteiger partial charge in [0.25, 0.3) is 0 Å². The molecule has 3 nitrogen and oxygen atoms in total. The van der Waals surface area contributed by atoms with Crippen LogP contribution in [0.15, 0.2) is 12.1 Å². The molecule has 2 N–H and O–H groups in total. The number of phenols is 1. The molecule has 33 heavy (non-hydrogen) atoms. The molecule has 0 spiro atoms. The van der Waals surface area contributed by atoms with Crippen molar-refractivity contribution in [1.29, 1.82) is 0 Å². The normalized spacial score (nSPS) is 12.2. The van der Waals surface area contributed by atoms with E-state index in [1.54, 1.807) is 0 Å². The van der Waals surface area contributed by atoms with Gasteiger partial charge in [-0.05, 0) is 42.4 Å². The Hall–Kier alpha value is -1.51. The average Bonchev–Trinajstić information content (AvgIpc) is 2.81. The Bertz CT molecular complexity index is 612. The van der Waals surface area contributed by atoms with Crippen LogP contribution >= 0.6 is 0 Å². The lowest BCUT2D eigenvalue weighted by molar-refractivity contribution is -0.142. The summed E-state index contributed by atoms with van der Waals surface area (Å²) in [7, 11) is 0. The highest BCUT2D eigenvalue weighted by atomic mass is 16.4. The Morgan fingerprint density at radius 3 is 1.45 bits per heavy atom. The lowest BCUT2D eigenvalue weighted by Crippen LogP contribution is -2.16. The van der Waals surface area contributed by atoms with Gasteiger partial charge < -0.3 is 10.2 Å². The molecule has 0 aliphatic rings. The van der Waals surface area contributed by atoms with E-state index in [9.17, 15) is 15.0 Å². The Kier molecular flexibility index (Phi) is 16.9. The van der Waals surface area contributed by atoms with Crippen molar-refractivity contribution in [2.75, 3.05) is 0 Å². The Morgan fingerprint density at radius 1 is 0.697 bits per heavy atom. The largest absolute Gasteiger partial charge is 0.507 e. The summed E-state index contributed by atoms with van der Waals surface area (Å²) in [5, 5.41) is 20.0. The number of phenolic OH excluding ortho intramolecular Hbond substituents is 1. The molecular weight excluding hydrogens is 408 g/mol. The minimum Gasteiger partial charge on any atom is -0.507 e. The van der Waals surface area contributed by atoms with Crippen molar-refractivity contribution in [3.05, 3.63) is 28.8 Å². The summed E-state index contributed by atoms with van der Waals surface area (Å²) in [6.45, 7) is 6.33. The molecule has 1 unspecified atom stereocenters. The first-order valence-electron chi connectivity index (χ1n) is 14.1. The maximum Gasteiger partial charge on any atom is 0.306 e. The summed E-state index contributed by atoms with van der Waals surface area (Å²) in [5.74, 6) is -0.631. The average molecular weight is 461 g/mol. The van der Waals surface area contributed by atoms with Crippen LogP contribution in [0.25, 0.3) is 0 Å². The van der Waals surface area contributed by atoms with Gasteiger partial charge in [0.1, 0.15) is 5.75 Å². The van der Waals surface area contributed by atoms with Gasteiger partial charge in [0.15, 0.2) is 0 Å². The van der Waals surface area contributed by atoms with Gasteiger partial charge in [-0.3, -0.25) is 4.79 Å².